The molecule has 130 valence electrons. The Morgan fingerprint density at radius 2 is 1.96 bits per heavy atom. The summed E-state index contributed by atoms with van der Waals surface area (Å²) in [7, 11) is -3.78. The van der Waals surface area contributed by atoms with Gasteiger partial charge in [0.1, 0.15) is 10.6 Å². The summed E-state index contributed by atoms with van der Waals surface area (Å²) in [5, 5.41) is 6.90. The van der Waals surface area contributed by atoms with Crippen molar-refractivity contribution in [1.82, 2.24) is 9.88 Å². The minimum Gasteiger partial charge on any atom is -0.360 e. The van der Waals surface area contributed by atoms with Gasteiger partial charge in [0.15, 0.2) is 5.76 Å². The minimum absolute atomic E-state index is 0.00705. The maximum atomic E-state index is 12.2. The zero-order valence-corrected chi connectivity index (χ0v) is 15.2. The third-order valence-electron chi connectivity index (χ3n) is 3.08. The Kier molecular flexibility index (Phi) is 5.87. The number of aromatic nitrogens is 1. The lowest BCUT2D eigenvalue weighted by molar-refractivity contribution is -0.116. The van der Waals surface area contributed by atoms with Crippen molar-refractivity contribution in [1.29, 1.82) is 0 Å². The van der Waals surface area contributed by atoms with Crippen molar-refractivity contribution in [3.05, 3.63) is 39.7 Å². The van der Waals surface area contributed by atoms with E-state index in [2.05, 4.69) is 15.2 Å². The Balaban J connectivity index is 1.91. The third kappa shape index (κ3) is 4.47. The van der Waals surface area contributed by atoms with Crippen LogP contribution in [0.25, 0.3) is 0 Å². The van der Waals surface area contributed by atoms with Crippen LogP contribution >= 0.6 is 23.2 Å². The second-order valence-electron chi connectivity index (χ2n) is 4.98. The molecular weight excluding hydrogens is 377 g/mol. The van der Waals surface area contributed by atoms with Gasteiger partial charge in [-0.2, -0.15) is 0 Å². The fraction of sp³-hybridized carbons (Fsp3) is 0.286. The van der Waals surface area contributed by atoms with Crippen LogP contribution in [0, 0.1) is 13.8 Å². The number of anilines is 1. The van der Waals surface area contributed by atoms with Crippen LogP contribution in [-0.2, 0) is 14.8 Å². The van der Waals surface area contributed by atoms with Crippen molar-refractivity contribution in [3.63, 3.8) is 0 Å². The van der Waals surface area contributed by atoms with Gasteiger partial charge in [0, 0.05) is 18.7 Å². The zero-order valence-electron chi connectivity index (χ0n) is 12.9. The summed E-state index contributed by atoms with van der Waals surface area (Å²) < 4.78 is 31.5. The average Bonchev–Trinajstić information content (AvgIpc) is 2.82. The number of hydrogen-bond donors (Lipinski definition) is 2. The minimum atomic E-state index is -3.78. The Morgan fingerprint density at radius 3 is 2.54 bits per heavy atom. The van der Waals surface area contributed by atoms with E-state index in [-0.39, 0.29) is 35.2 Å². The highest BCUT2D eigenvalue weighted by molar-refractivity contribution is 7.89. The predicted molar refractivity (Wildman–Crippen MR) is 90.9 cm³/mol. The molecule has 0 saturated heterocycles. The number of sulfonamides is 1. The topological polar surface area (TPSA) is 101 Å². The molecule has 10 heteroatoms. The molecule has 1 aromatic heterocycles. The Hall–Kier alpha value is -1.61. The molecule has 2 aromatic rings. The van der Waals surface area contributed by atoms with Crippen LogP contribution < -0.4 is 10.0 Å². The molecule has 2 N–H and O–H groups in total. The van der Waals surface area contributed by atoms with E-state index in [9.17, 15) is 13.2 Å². The summed E-state index contributed by atoms with van der Waals surface area (Å²) >= 11 is 11.6. The Labute approximate surface area is 149 Å². The molecule has 0 fully saturated rings. The van der Waals surface area contributed by atoms with Crippen LogP contribution in [0.2, 0.25) is 10.0 Å². The van der Waals surface area contributed by atoms with E-state index in [1.54, 1.807) is 12.1 Å². The molecule has 0 unspecified atom stereocenters. The Bertz CT molecular complexity index is 845. The number of halogens is 2. The first-order valence-corrected chi connectivity index (χ1v) is 9.12. The van der Waals surface area contributed by atoms with E-state index in [1.807, 2.05) is 0 Å². The molecule has 7 nitrogen and oxygen atoms in total. The molecule has 1 amide bonds. The van der Waals surface area contributed by atoms with Gasteiger partial charge in [0.05, 0.1) is 10.0 Å². The van der Waals surface area contributed by atoms with E-state index in [0.717, 1.165) is 0 Å². The van der Waals surface area contributed by atoms with E-state index >= 15 is 0 Å². The van der Waals surface area contributed by atoms with Crippen molar-refractivity contribution in [2.75, 3.05) is 11.9 Å². The monoisotopic (exact) mass is 391 g/mol. The summed E-state index contributed by atoms with van der Waals surface area (Å²) in [6.07, 6.45) is -0.0527. The molecule has 0 spiro atoms. The van der Waals surface area contributed by atoms with E-state index in [0.29, 0.717) is 15.7 Å². The molecule has 0 atom stereocenters. The largest absolute Gasteiger partial charge is 0.360 e. The zero-order chi connectivity index (χ0) is 17.9. The smallest absolute Gasteiger partial charge is 0.245 e. The SMILES string of the molecule is Cc1noc(C)c1S(=O)(=O)NCCC(=O)Nc1ccc(Cl)c(Cl)c1. The van der Waals surface area contributed by atoms with Crippen LogP contribution in [0.15, 0.2) is 27.6 Å². The summed E-state index contributed by atoms with van der Waals surface area (Å²) in [6, 6.07) is 4.66. The Morgan fingerprint density at radius 1 is 1.25 bits per heavy atom. The summed E-state index contributed by atoms with van der Waals surface area (Å²) in [5.41, 5.74) is 0.739. The highest BCUT2D eigenvalue weighted by atomic mass is 35.5. The normalized spacial score (nSPS) is 11.5. The predicted octanol–water partition coefficient (Wildman–Crippen LogP) is 2.91. The number of nitrogens with zero attached hydrogens (tertiary/aromatic N) is 1. The average molecular weight is 392 g/mol. The van der Waals surface area contributed by atoms with E-state index < -0.39 is 10.0 Å². The summed E-state index contributed by atoms with van der Waals surface area (Å²) in [4.78, 5) is 11.9. The van der Waals surface area contributed by atoms with Crippen LogP contribution in [0.3, 0.4) is 0 Å². The number of amides is 1. The third-order valence-corrected chi connectivity index (χ3v) is 5.53. The number of hydrogen-bond acceptors (Lipinski definition) is 5. The number of aryl methyl sites for hydroxylation is 2. The van der Waals surface area contributed by atoms with Crippen molar-refractivity contribution < 1.29 is 17.7 Å². The van der Waals surface area contributed by atoms with Gasteiger partial charge in [-0.1, -0.05) is 28.4 Å². The van der Waals surface area contributed by atoms with Gasteiger partial charge in [-0.15, -0.1) is 0 Å². The number of carbonyl (C=O) groups excluding carboxylic acids is 1. The fourth-order valence-corrected chi connectivity index (χ4v) is 3.68. The molecule has 2 rings (SSSR count). The van der Waals surface area contributed by atoms with Crippen LogP contribution in [0.1, 0.15) is 17.9 Å². The summed E-state index contributed by atoms with van der Waals surface area (Å²) in [6.45, 7) is 2.97. The molecule has 0 radical (unpaired) electrons. The molecule has 0 saturated carbocycles. The molecule has 24 heavy (non-hydrogen) atoms. The van der Waals surface area contributed by atoms with E-state index in [4.69, 9.17) is 27.7 Å². The molecule has 0 aliphatic carbocycles. The standard InChI is InChI=1S/C14H15Cl2N3O4S/c1-8-14(9(2)23-19-8)24(21,22)17-6-5-13(20)18-10-3-4-11(15)12(16)7-10/h3-4,7,17H,5-6H2,1-2H3,(H,18,20). The highest BCUT2D eigenvalue weighted by Crippen LogP contribution is 2.25. The second kappa shape index (κ2) is 7.52. The fourth-order valence-electron chi connectivity index (χ4n) is 2.03. The van der Waals surface area contributed by atoms with Crippen molar-refractivity contribution >= 4 is 44.8 Å². The van der Waals surface area contributed by atoms with E-state index in [1.165, 1.54) is 19.9 Å². The number of rotatable bonds is 6. The number of carbonyl (C=O) groups is 1. The van der Waals surface area contributed by atoms with Crippen molar-refractivity contribution in [3.8, 4) is 0 Å². The van der Waals surface area contributed by atoms with Gasteiger partial charge >= 0.3 is 0 Å². The molecular formula is C14H15Cl2N3O4S. The maximum absolute atomic E-state index is 12.2. The first kappa shape index (κ1) is 18.7. The van der Waals surface area contributed by atoms with Gasteiger partial charge in [-0.3, -0.25) is 4.79 Å². The van der Waals surface area contributed by atoms with Crippen LogP contribution in [0.5, 0.6) is 0 Å². The van der Waals surface area contributed by atoms with Crippen molar-refractivity contribution in [2.45, 2.75) is 25.2 Å². The lowest BCUT2D eigenvalue weighted by atomic mass is 10.3. The summed E-state index contributed by atoms with van der Waals surface area (Å²) in [5.74, 6) is -0.171. The maximum Gasteiger partial charge on any atom is 0.245 e. The van der Waals surface area contributed by atoms with Gasteiger partial charge < -0.3 is 9.84 Å². The first-order chi connectivity index (χ1) is 11.2. The molecule has 0 bridgehead atoms. The number of benzene rings is 1. The van der Waals surface area contributed by atoms with Crippen molar-refractivity contribution in [2.24, 2.45) is 0 Å². The quantitative estimate of drug-likeness (QED) is 0.787. The molecule has 1 heterocycles. The van der Waals surface area contributed by atoms with Crippen LogP contribution in [-0.4, -0.2) is 26.0 Å². The van der Waals surface area contributed by atoms with Gasteiger partial charge in [-0.25, -0.2) is 13.1 Å². The van der Waals surface area contributed by atoms with Crippen LogP contribution in [0.4, 0.5) is 5.69 Å². The second-order valence-corrected chi connectivity index (χ2v) is 7.50. The first-order valence-electron chi connectivity index (χ1n) is 6.88. The lowest BCUT2D eigenvalue weighted by Gasteiger charge is -2.08. The molecule has 1 aromatic carbocycles. The number of nitrogens with one attached hydrogen (secondary N) is 2. The van der Waals surface area contributed by atoms with Gasteiger partial charge in [-0.05, 0) is 32.0 Å². The molecule has 0 aliphatic rings. The molecule has 0 aliphatic heterocycles. The lowest BCUT2D eigenvalue weighted by Crippen LogP contribution is -2.28. The van der Waals surface area contributed by atoms with Gasteiger partial charge in [0.2, 0.25) is 15.9 Å². The van der Waals surface area contributed by atoms with Gasteiger partial charge in [0.25, 0.3) is 0 Å². The highest BCUT2D eigenvalue weighted by Gasteiger charge is 2.23.